The molecule has 0 aliphatic heterocycles. The van der Waals surface area contributed by atoms with E-state index in [2.05, 4.69) is 22.1 Å². The molecule has 2 N–H and O–H groups in total. The average Bonchev–Trinajstić information content (AvgIpc) is 3.11. The van der Waals surface area contributed by atoms with Crippen molar-refractivity contribution < 1.29 is 9.90 Å². The third-order valence-corrected chi connectivity index (χ3v) is 5.46. The Morgan fingerprint density at radius 2 is 2.33 bits per heavy atom. The van der Waals surface area contributed by atoms with Gasteiger partial charge >= 0.3 is 0 Å². The fourth-order valence-corrected chi connectivity index (χ4v) is 4.23. The van der Waals surface area contributed by atoms with Crippen LogP contribution in [0.25, 0.3) is 0 Å². The van der Waals surface area contributed by atoms with Gasteiger partial charge in [-0.25, -0.2) is 4.98 Å². The lowest BCUT2D eigenvalue weighted by atomic mass is 10.2. The maximum Gasteiger partial charge on any atom is 0.267 e. The van der Waals surface area contributed by atoms with Crippen LogP contribution in [-0.4, -0.2) is 22.6 Å². The van der Waals surface area contributed by atoms with Gasteiger partial charge in [-0.15, -0.1) is 22.7 Å². The summed E-state index contributed by atoms with van der Waals surface area (Å²) >= 11 is 2.91. The van der Waals surface area contributed by atoms with E-state index in [1.54, 1.807) is 11.3 Å². The van der Waals surface area contributed by atoms with Gasteiger partial charge in [0, 0.05) is 4.88 Å². The molecule has 1 amide bonds. The fraction of sp³-hybridized carbons (Fsp3) is 0.333. The maximum absolute atomic E-state index is 12.2. The second-order valence-corrected chi connectivity index (χ2v) is 6.92. The lowest BCUT2D eigenvalue weighted by Gasteiger charge is -1.98. The quantitative estimate of drug-likeness (QED) is 0.837. The first-order valence-electron chi connectivity index (χ1n) is 6.67. The molecule has 21 heavy (non-hydrogen) atoms. The van der Waals surface area contributed by atoms with Crippen LogP contribution in [0.2, 0.25) is 0 Å². The molecule has 0 unspecified atom stereocenters. The zero-order valence-corrected chi connectivity index (χ0v) is 13.2. The summed E-state index contributed by atoms with van der Waals surface area (Å²) in [6, 6.07) is 1.82. The van der Waals surface area contributed by atoms with Gasteiger partial charge in [-0.3, -0.25) is 10.1 Å². The minimum absolute atomic E-state index is 0.146. The molecule has 108 valence electrons. The summed E-state index contributed by atoms with van der Waals surface area (Å²) in [5.74, 6) is 5.32. The minimum atomic E-state index is -0.177. The molecule has 3 rings (SSSR count). The van der Waals surface area contributed by atoms with Gasteiger partial charge in [0.25, 0.3) is 5.91 Å². The number of thiazole rings is 1. The third-order valence-electron chi connectivity index (χ3n) is 3.24. The van der Waals surface area contributed by atoms with Gasteiger partial charge in [-0.2, -0.15) is 0 Å². The van der Waals surface area contributed by atoms with E-state index in [1.165, 1.54) is 22.6 Å². The second kappa shape index (κ2) is 5.98. The first-order chi connectivity index (χ1) is 10.2. The summed E-state index contributed by atoms with van der Waals surface area (Å²) in [5, 5.41) is 12.3. The Morgan fingerprint density at radius 3 is 3.10 bits per heavy atom. The molecule has 2 aromatic heterocycles. The Labute approximate surface area is 130 Å². The number of nitrogens with zero attached hydrogens (tertiary/aromatic N) is 1. The lowest BCUT2D eigenvalue weighted by molar-refractivity contribution is 0.103. The highest BCUT2D eigenvalue weighted by Gasteiger charge is 2.19. The predicted octanol–water partition coefficient (Wildman–Crippen LogP) is 2.60. The fourth-order valence-electron chi connectivity index (χ4n) is 2.24. The molecule has 1 aliphatic carbocycles. The number of fused-ring (bicyclic) bond motifs is 1. The molecule has 0 atom stereocenters. The number of aliphatic hydroxyl groups is 1. The molecule has 0 spiro atoms. The van der Waals surface area contributed by atoms with Crippen molar-refractivity contribution >= 4 is 33.7 Å². The van der Waals surface area contributed by atoms with E-state index in [1.807, 2.05) is 13.0 Å². The van der Waals surface area contributed by atoms with E-state index < -0.39 is 0 Å². The number of rotatable bonds is 2. The Kier molecular flexibility index (Phi) is 4.06. The van der Waals surface area contributed by atoms with Crippen LogP contribution in [0.1, 0.15) is 37.1 Å². The van der Waals surface area contributed by atoms with E-state index in [4.69, 9.17) is 5.11 Å². The van der Waals surface area contributed by atoms with Crippen LogP contribution in [0.4, 0.5) is 5.13 Å². The number of nitrogens with one attached hydrogen (secondary N) is 1. The largest absolute Gasteiger partial charge is 0.384 e. The number of carbonyl (C=O) groups is 1. The van der Waals surface area contributed by atoms with Crippen molar-refractivity contribution in [2.45, 2.75) is 26.2 Å². The highest BCUT2D eigenvalue weighted by Crippen LogP contribution is 2.31. The summed E-state index contributed by atoms with van der Waals surface area (Å²) in [6.07, 6.45) is 3.25. The first-order valence-corrected chi connectivity index (χ1v) is 8.31. The summed E-state index contributed by atoms with van der Waals surface area (Å²) in [7, 11) is 0. The van der Waals surface area contributed by atoms with E-state index in [-0.39, 0.29) is 12.5 Å². The van der Waals surface area contributed by atoms with Crippen molar-refractivity contribution in [3.05, 3.63) is 32.0 Å². The standard InChI is InChI=1S/C15H14N2O2S2/c1-9-8-13(20-11(9)6-3-7-18)14(19)17-15-16-10-4-2-5-12(10)21-15/h8,18H,2,4-5,7H2,1H3,(H,16,17,19). The number of hydrogen-bond donors (Lipinski definition) is 2. The number of hydrogen-bond acceptors (Lipinski definition) is 5. The SMILES string of the molecule is Cc1cc(C(=O)Nc2nc3c(s2)CCC3)sc1C#CCO. The number of thiophene rings is 1. The van der Waals surface area contributed by atoms with Gasteiger partial charge in [-0.1, -0.05) is 11.8 Å². The molecule has 0 fully saturated rings. The maximum atomic E-state index is 12.2. The molecule has 2 aromatic rings. The Bertz CT molecular complexity index is 728. The topological polar surface area (TPSA) is 62.2 Å². The number of carbonyl (C=O) groups excluding carboxylic acids is 1. The number of aryl methyl sites for hydroxylation is 3. The minimum Gasteiger partial charge on any atom is -0.384 e. The van der Waals surface area contributed by atoms with Gasteiger partial charge < -0.3 is 5.11 Å². The van der Waals surface area contributed by atoms with Gasteiger partial charge in [0.15, 0.2) is 5.13 Å². The van der Waals surface area contributed by atoms with Crippen LogP contribution < -0.4 is 5.32 Å². The van der Waals surface area contributed by atoms with Crippen LogP contribution in [0.3, 0.4) is 0 Å². The number of aliphatic hydroxyl groups excluding tert-OH is 1. The van der Waals surface area contributed by atoms with Crippen molar-refractivity contribution in [1.82, 2.24) is 4.98 Å². The zero-order chi connectivity index (χ0) is 14.8. The molecular formula is C15H14N2O2S2. The molecule has 6 heteroatoms. The molecule has 0 saturated heterocycles. The summed E-state index contributed by atoms with van der Waals surface area (Å²) in [4.78, 5) is 19.4. The second-order valence-electron chi connectivity index (χ2n) is 4.78. The number of anilines is 1. The van der Waals surface area contributed by atoms with E-state index in [0.717, 1.165) is 29.0 Å². The molecular weight excluding hydrogens is 304 g/mol. The Morgan fingerprint density at radius 1 is 1.48 bits per heavy atom. The number of aromatic nitrogens is 1. The molecule has 2 heterocycles. The van der Waals surface area contributed by atoms with Crippen LogP contribution >= 0.6 is 22.7 Å². The average molecular weight is 318 g/mol. The van der Waals surface area contributed by atoms with Crippen molar-refractivity contribution in [1.29, 1.82) is 0 Å². The van der Waals surface area contributed by atoms with Crippen LogP contribution in [-0.2, 0) is 12.8 Å². The Balaban J connectivity index is 1.75. The molecule has 0 bridgehead atoms. The highest BCUT2D eigenvalue weighted by atomic mass is 32.1. The van der Waals surface area contributed by atoms with Gasteiger partial charge in [0.2, 0.25) is 0 Å². The smallest absolute Gasteiger partial charge is 0.267 e. The van der Waals surface area contributed by atoms with Crippen LogP contribution in [0.15, 0.2) is 6.07 Å². The molecule has 4 nitrogen and oxygen atoms in total. The summed E-state index contributed by atoms with van der Waals surface area (Å²) in [5.41, 5.74) is 2.08. The van der Waals surface area contributed by atoms with Gasteiger partial charge in [0.05, 0.1) is 15.4 Å². The summed E-state index contributed by atoms with van der Waals surface area (Å²) < 4.78 is 0. The van der Waals surface area contributed by atoms with Gasteiger partial charge in [-0.05, 0) is 37.8 Å². The molecule has 1 aliphatic rings. The molecule has 0 saturated carbocycles. The normalized spacial score (nSPS) is 12.7. The van der Waals surface area contributed by atoms with Crippen molar-refractivity contribution in [3.8, 4) is 11.8 Å². The van der Waals surface area contributed by atoms with Crippen LogP contribution in [0, 0.1) is 18.8 Å². The Hall–Kier alpha value is -1.68. The third kappa shape index (κ3) is 3.00. The van der Waals surface area contributed by atoms with Crippen LogP contribution in [0.5, 0.6) is 0 Å². The van der Waals surface area contributed by atoms with Gasteiger partial charge in [0.1, 0.15) is 6.61 Å². The van der Waals surface area contributed by atoms with E-state index in [0.29, 0.717) is 10.0 Å². The monoisotopic (exact) mass is 318 g/mol. The van der Waals surface area contributed by atoms with Crippen molar-refractivity contribution in [2.24, 2.45) is 0 Å². The highest BCUT2D eigenvalue weighted by molar-refractivity contribution is 7.16. The van der Waals surface area contributed by atoms with E-state index >= 15 is 0 Å². The van der Waals surface area contributed by atoms with Crippen molar-refractivity contribution in [3.63, 3.8) is 0 Å². The van der Waals surface area contributed by atoms with E-state index in [9.17, 15) is 4.79 Å². The zero-order valence-electron chi connectivity index (χ0n) is 11.5. The number of amides is 1. The first kappa shape index (κ1) is 14.3. The molecule has 0 radical (unpaired) electrons. The summed E-state index contributed by atoms with van der Waals surface area (Å²) in [6.45, 7) is 1.73. The molecule has 0 aromatic carbocycles. The predicted molar refractivity (Wildman–Crippen MR) is 85.1 cm³/mol. The lowest BCUT2D eigenvalue weighted by Crippen LogP contribution is -2.09. The van der Waals surface area contributed by atoms with Crippen molar-refractivity contribution in [2.75, 3.05) is 11.9 Å².